The van der Waals surface area contributed by atoms with Gasteiger partial charge >= 0.3 is 0 Å². The molecule has 0 saturated carbocycles. The van der Waals surface area contributed by atoms with Gasteiger partial charge in [-0.05, 0) is 26.3 Å². The summed E-state index contributed by atoms with van der Waals surface area (Å²) in [7, 11) is 1.93. The summed E-state index contributed by atoms with van der Waals surface area (Å²) < 4.78 is 1.93. The van der Waals surface area contributed by atoms with E-state index >= 15 is 0 Å². The minimum Gasteiger partial charge on any atom is -0.368 e. The second-order valence-electron chi connectivity index (χ2n) is 4.14. The van der Waals surface area contributed by atoms with Gasteiger partial charge in [0, 0.05) is 12.8 Å². The van der Waals surface area contributed by atoms with Crippen LogP contribution >= 0.6 is 11.8 Å². The number of primary amides is 1. The Kier molecular flexibility index (Phi) is 6.14. The molecule has 1 aromatic heterocycles. The fourth-order valence-electron chi connectivity index (χ4n) is 1.44. The third-order valence-electron chi connectivity index (χ3n) is 2.67. The number of amides is 1. The molecule has 18 heavy (non-hydrogen) atoms. The summed E-state index contributed by atoms with van der Waals surface area (Å²) in [6.45, 7) is 4.77. The molecular weight excluding hydrogens is 250 g/mol. The van der Waals surface area contributed by atoms with Crippen molar-refractivity contribution in [1.82, 2.24) is 20.1 Å². The Hall–Kier alpha value is -1.08. The zero-order chi connectivity index (χ0) is 13.5. The van der Waals surface area contributed by atoms with Gasteiger partial charge in [-0.2, -0.15) is 0 Å². The first kappa shape index (κ1) is 15.0. The lowest BCUT2D eigenvalue weighted by molar-refractivity contribution is -0.120. The van der Waals surface area contributed by atoms with Crippen LogP contribution in [0, 0.1) is 6.92 Å². The monoisotopic (exact) mass is 271 g/mol. The predicted molar refractivity (Wildman–Crippen MR) is 72.4 cm³/mol. The largest absolute Gasteiger partial charge is 0.368 e. The number of nitrogens with two attached hydrogens (primary N) is 1. The average Bonchev–Trinajstić information content (AvgIpc) is 2.64. The highest BCUT2D eigenvalue weighted by Crippen LogP contribution is 2.16. The summed E-state index contributed by atoms with van der Waals surface area (Å²) >= 11 is 1.59. The maximum absolute atomic E-state index is 11.2. The Labute approximate surface area is 112 Å². The summed E-state index contributed by atoms with van der Waals surface area (Å²) in [6, 6.07) is -0.258. The highest BCUT2D eigenvalue weighted by Gasteiger charge is 2.14. The lowest BCUT2D eigenvalue weighted by atomic mass is 10.2. The van der Waals surface area contributed by atoms with Gasteiger partial charge in [0.05, 0.1) is 6.04 Å². The van der Waals surface area contributed by atoms with Gasteiger partial charge in [-0.15, -0.1) is 10.2 Å². The first-order chi connectivity index (χ1) is 8.56. The first-order valence-corrected chi connectivity index (χ1v) is 7.06. The topological polar surface area (TPSA) is 85.8 Å². The zero-order valence-electron chi connectivity index (χ0n) is 11.1. The molecule has 0 bridgehead atoms. The van der Waals surface area contributed by atoms with E-state index in [9.17, 15) is 4.79 Å². The Bertz CT molecular complexity index is 393. The summed E-state index contributed by atoms with van der Waals surface area (Å²) in [6.07, 6.45) is 1.69. The maximum Gasteiger partial charge on any atom is 0.234 e. The zero-order valence-corrected chi connectivity index (χ0v) is 12.0. The van der Waals surface area contributed by atoms with Crippen molar-refractivity contribution in [3.05, 3.63) is 5.82 Å². The molecule has 7 heteroatoms. The SMILES string of the molecule is CCCNC(CCSc1nnc(C)n1C)C(N)=O. The number of thioether (sulfide) groups is 1. The molecule has 1 heterocycles. The quantitative estimate of drug-likeness (QED) is 0.671. The minimum atomic E-state index is -0.293. The molecule has 0 aliphatic rings. The van der Waals surface area contributed by atoms with Crippen LogP contribution in [-0.4, -0.2) is 39.0 Å². The molecule has 0 saturated heterocycles. The predicted octanol–water partition coefficient (Wildman–Crippen LogP) is 0.459. The molecular formula is C11H21N5OS. The Morgan fingerprint density at radius 1 is 1.56 bits per heavy atom. The second-order valence-corrected chi connectivity index (χ2v) is 5.20. The Morgan fingerprint density at radius 2 is 2.28 bits per heavy atom. The first-order valence-electron chi connectivity index (χ1n) is 6.07. The van der Waals surface area contributed by atoms with E-state index < -0.39 is 0 Å². The molecule has 0 aromatic carbocycles. The van der Waals surface area contributed by atoms with Crippen molar-refractivity contribution in [3.8, 4) is 0 Å². The van der Waals surface area contributed by atoms with Crippen LogP contribution in [0.3, 0.4) is 0 Å². The molecule has 0 aliphatic carbocycles. The lowest BCUT2D eigenvalue weighted by Crippen LogP contribution is -2.42. The van der Waals surface area contributed by atoms with Gasteiger partial charge in [0.25, 0.3) is 0 Å². The smallest absolute Gasteiger partial charge is 0.234 e. The van der Waals surface area contributed by atoms with Crippen molar-refractivity contribution < 1.29 is 4.79 Å². The van der Waals surface area contributed by atoms with Crippen molar-refractivity contribution in [3.63, 3.8) is 0 Å². The Morgan fingerprint density at radius 3 is 2.78 bits per heavy atom. The number of carbonyl (C=O) groups excluding carboxylic acids is 1. The van der Waals surface area contributed by atoms with E-state index in [1.807, 2.05) is 18.5 Å². The van der Waals surface area contributed by atoms with Crippen molar-refractivity contribution in [2.24, 2.45) is 12.8 Å². The standard InChI is InChI=1S/C11H21N5OS/c1-4-6-13-9(10(12)17)5-7-18-11-15-14-8(2)16(11)3/h9,13H,4-7H2,1-3H3,(H2,12,17). The average molecular weight is 271 g/mol. The molecule has 102 valence electrons. The molecule has 0 fully saturated rings. The molecule has 0 spiro atoms. The fraction of sp³-hybridized carbons (Fsp3) is 0.727. The van der Waals surface area contributed by atoms with Crippen LogP contribution in [-0.2, 0) is 11.8 Å². The highest BCUT2D eigenvalue weighted by atomic mass is 32.2. The number of hydrogen-bond donors (Lipinski definition) is 2. The number of aromatic nitrogens is 3. The van der Waals surface area contributed by atoms with Gasteiger partial charge in [0.15, 0.2) is 5.16 Å². The van der Waals surface area contributed by atoms with E-state index in [0.717, 1.165) is 29.7 Å². The summed E-state index contributed by atoms with van der Waals surface area (Å²) in [5, 5.41) is 12.1. The van der Waals surface area contributed by atoms with Gasteiger partial charge in [-0.1, -0.05) is 18.7 Å². The fourth-order valence-corrected chi connectivity index (χ4v) is 2.41. The maximum atomic E-state index is 11.2. The van der Waals surface area contributed by atoms with E-state index in [1.165, 1.54) is 0 Å². The molecule has 0 radical (unpaired) electrons. The van der Waals surface area contributed by atoms with Crippen molar-refractivity contribution >= 4 is 17.7 Å². The van der Waals surface area contributed by atoms with E-state index in [0.29, 0.717) is 6.42 Å². The summed E-state index contributed by atoms with van der Waals surface area (Å²) in [5.41, 5.74) is 5.35. The van der Waals surface area contributed by atoms with Crippen LogP contribution in [0.1, 0.15) is 25.6 Å². The molecule has 0 aliphatic heterocycles. The van der Waals surface area contributed by atoms with Gasteiger partial charge < -0.3 is 15.6 Å². The molecule has 1 aromatic rings. The molecule has 1 atom stereocenters. The van der Waals surface area contributed by atoms with Crippen LogP contribution in [0.15, 0.2) is 5.16 Å². The number of rotatable bonds is 8. The van der Waals surface area contributed by atoms with Crippen molar-refractivity contribution in [2.45, 2.75) is 37.9 Å². The van der Waals surface area contributed by atoms with Gasteiger partial charge in [-0.3, -0.25) is 4.79 Å². The number of nitrogens with one attached hydrogen (secondary N) is 1. The number of hydrogen-bond acceptors (Lipinski definition) is 5. The van der Waals surface area contributed by atoms with Gasteiger partial charge in [0.1, 0.15) is 5.82 Å². The number of nitrogens with zero attached hydrogens (tertiary/aromatic N) is 3. The molecule has 1 amide bonds. The van der Waals surface area contributed by atoms with Crippen molar-refractivity contribution in [1.29, 1.82) is 0 Å². The van der Waals surface area contributed by atoms with Crippen LogP contribution in [0.25, 0.3) is 0 Å². The molecule has 6 nitrogen and oxygen atoms in total. The van der Waals surface area contributed by atoms with E-state index in [1.54, 1.807) is 11.8 Å². The van der Waals surface area contributed by atoms with Crippen LogP contribution in [0.4, 0.5) is 0 Å². The minimum absolute atomic E-state index is 0.258. The normalized spacial score (nSPS) is 12.6. The van der Waals surface area contributed by atoms with Crippen LogP contribution in [0.5, 0.6) is 0 Å². The van der Waals surface area contributed by atoms with Gasteiger partial charge in [-0.25, -0.2) is 0 Å². The molecule has 3 N–H and O–H groups in total. The number of aryl methyl sites for hydroxylation is 1. The van der Waals surface area contributed by atoms with Crippen LogP contribution in [0.2, 0.25) is 0 Å². The molecule has 1 unspecified atom stereocenters. The third kappa shape index (κ3) is 4.30. The summed E-state index contributed by atoms with van der Waals surface area (Å²) in [4.78, 5) is 11.2. The van der Waals surface area contributed by atoms with E-state index in [4.69, 9.17) is 5.73 Å². The van der Waals surface area contributed by atoms with E-state index in [-0.39, 0.29) is 11.9 Å². The van der Waals surface area contributed by atoms with E-state index in [2.05, 4.69) is 22.4 Å². The van der Waals surface area contributed by atoms with Gasteiger partial charge in [0.2, 0.25) is 5.91 Å². The third-order valence-corrected chi connectivity index (χ3v) is 3.73. The lowest BCUT2D eigenvalue weighted by Gasteiger charge is -2.14. The Balaban J connectivity index is 2.39. The second kappa shape index (κ2) is 7.38. The summed E-state index contributed by atoms with van der Waals surface area (Å²) in [5.74, 6) is 1.38. The van der Waals surface area contributed by atoms with Crippen molar-refractivity contribution in [2.75, 3.05) is 12.3 Å². The molecule has 1 rings (SSSR count). The highest BCUT2D eigenvalue weighted by molar-refractivity contribution is 7.99. The van der Waals surface area contributed by atoms with Crippen LogP contribution < -0.4 is 11.1 Å². The number of carbonyl (C=O) groups is 1.